The van der Waals surface area contributed by atoms with Crippen molar-refractivity contribution >= 4 is 17.5 Å². The first-order valence-corrected chi connectivity index (χ1v) is 7.72. The van der Waals surface area contributed by atoms with E-state index < -0.39 is 6.04 Å². The summed E-state index contributed by atoms with van der Waals surface area (Å²) < 4.78 is 0. The molecule has 0 radical (unpaired) electrons. The zero-order valence-electron chi connectivity index (χ0n) is 13.3. The van der Waals surface area contributed by atoms with E-state index in [2.05, 4.69) is 15.3 Å². The van der Waals surface area contributed by atoms with Crippen LogP contribution in [0, 0.1) is 0 Å². The third-order valence-electron chi connectivity index (χ3n) is 4.06. The maximum Gasteiger partial charge on any atom is 0.247 e. The Kier molecular flexibility index (Phi) is 4.41. The summed E-state index contributed by atoms with van der Waals surface area (Å²) in [5, 5.41) is 12.2. The zero-order chi connectivity index (χ0) is 17.1. The number of benzene rings is 1. The molecule has 0 spiro atoms. The highest BCUT2D eigenvalue weighted by Gasteiger charge is 2.30. The standard InChI is InChI=1S/C17H18N4O3/c1-21-14(6-3-7-15(21)23)17(24)20-12-9-18-16(19-10-12)11-4-2-5-13(22)8-11/h2,4-5,8-10,14,22H,3,6-7H2,1H3,(H,20,24). The highest BCUT2D eigenvalue weighted by atomic mass is 16.3. The van der Waals surface area contributed by atoms with Gasteiger partial charge in [-0.3, -0.25) is 9.59 Å². The Balaban J connectivity index is 1.70. The first-order valence-electron chi connectivity index (χ1n) is 7.72. The second-order valence-corrected chi connectivity index (χ2v) is 5.75. The van der Waals surface area contributed by atoms with Crippen molar-refractivity contribution in [3.8, 4) is 17.1 Å². The highest BCUT2D eigenvalue weighted by molar-refractivity contribution is 5.97. The normalized spacial score (nSPS) is 17.6. The fraction of sp³-hybridized carbons (Fsp3) is 0.294. The van der Waals surface area contributed by atoms with E-state index in [0.717, 1.165) is 0 Å². The van der Waals surface area contributed by atoms with Gasteiger partial charge in [0.15, 0.2) is 5.82 Å². The first-order chi connectivity index (χ1) is 11.5. The van der Waals surface area contributed by atoms with Crippen molar-refractivity contribution in [1.29, 1.82) is 0 Å². The van der Waals surface area contributed by atoms with Crippen LogP contribution in [0.15, 0.2) is 36.7 Å². The lowest BCUT2D eigenvalue weighted by Crippen LogP contribution is -2.47. The van der Waals surface area contributed by atoms with Crippen LogP contribution in [0.5, 0.6) is 5.75 Å². The molecule has 3 rings (SSSR count). The quantitative estimate of drug-likeness (QED) is 0.897. The Morgan fingerprint density at radius 3 is 2.79 bits per heavy atom. The number of likely N-dealkylation sites (tertiary alicyclic amines) is 1. The average molecular weight is 326 g/mol. The summed E-state index contributed by atoms with van der Waals surface area (Å²) in [4.78, 5) is 33.9. The van der Waals surface area contributed by atoms with Crippen LogP contribution in [0.4, 0.5) is 5.69 Å². The van der Waals surface area contributed by atoms with Crippen LogP contribution in [0.2, 0.25) is 0 Å². The van der Waals surface area contributed by atoms with Gasteiger partial charge in [0.05, 0.1) is 18.1 Å². The fourth-order valence-corrected chi connectivity index (χ4v) is 2.71. The number of carbonyl (C=O) groups excluding carboxylic acids is 2. The lowest BCUT2D eigenvalue weighted by Gasteiger charge is -2.31. The minimum absolute atomic E-state index is 0.0168. The number of hydrogen-bond donors (Lipinski definition) is 2. The van der Waals surface area contributed by atoms with Gasteiger partial charge in [0.25, 0.3) is 0 Å². The summed E-state index contributed by atoms with van der Waals surface area (Å²) in [5.74, 6) is 0.337. The summed E-state index contributed by atoms with van der Waals surface area (Å²) in [6.07, 6.45) is 4.87. The third-order valence-corrected chi connectivity index (χ3v) is 4.06. The summed E-state index contributed by atoms with van der Waals surface area (Å²) in [6.45, 7) is 0. The molecular weight excluding hydrogens is 308 g/mol. The smallest absolute Gasteiger partial charge is 0.247 e. The molecule has 24 heavy (non-hydrogen) atoms. The molecule has 1 unspecified atom stereocenters. The molecule has 0 aliphatic carbocycles. The molecule has 0 saturated carbocycles. The molecule has 1 aliphatic rings. The molecule has 7 nitrogen and oxygen atoms in total. The van der Waals surface area contributed by atoms with Gasteiger partial charge in [-0.05, 0) is 25.0 Å². The Morgan fingerprint density at radius 1 is 1.33 bits per heavy atom. The molecule has 1 aromatic carbocycles. The van der Waals surface area contributed by atoms with Gasteiger partial charge in [-0.2, -0.15) is 0 Å². The minimum Gasteiger partial charge on any atom is -0.508 e. The molecule has 124 valence electrons. The van der Waals surface area contributed by atoms with Crippen LogP contribution in [0.1, 0.15) is 19.3 Å². The van der Waals surface area contributed by atoms with Crippen molar-refractivity contribution in [3.05, 3.63) is 36.7 Å². The van der Waals surface area contributed by atoms with Gasteiger partial charge in [-0.15, -0.1) is 0 Å². The molecule has 0 bridgehead atoms. The lowest BCUT2D eigenvalue weighted by atomic mass is 10.0. The summed E-state index contributed by atoms with van der Waals surface area (Å²) in [6, 6.07) is 6.17. The van der Waals surface area contributed by atoms with E-state index in [1.807, 2.05) is 0 Å². The van der Waals surface area contributed by atoms with E-state index in [1.165, 1.54) is 17.3 Å². The second kappa shape index (κ2) is 6.66. The number of aromatic nitrogens is 2. The summed E-state index contributed by atoms with van der Waals surface area (Å²) in [5.41, 5.74) is 1.15. The van der Waals surface area contributed by atoms with Crippen molar-refractivity contribution in [2.45, 2.75) is 25.3 Å². The van der Waals surface area contributed by atoms with Crippen LogP contribution in [-0.2, 0) is 9.59 Å². The number of carbonyl (C=O) groups is 2. The van der Waals surface area contributed by atoms with Gasteiger partial charge in [-0.1, -0.05) is 12.1 Å². The molecular formula is C17H18N4O3. The van der Waals surface area contributed by atoms with Gasteiger partial charge >= 0.3 is 0 Å². The van der Waals surface area contributed by atoms with Gasteiger partial charge in [0.2, 0.25) is 11.8 Å². The number of aromatic hydroxyl groups is 1. The van der Waals surface area contributed by atoms with Crippen LogP contribution in [-0.4, -0.2) is 44.9 Å². The van der Waals surface area contributed by atoms with Crippen molar-refractivity contribution < 1.29 is 14.7 Å². The van der Waals surface area contributed by atoms with Crippen molar-refractivity contribution in [2.24, 2.45) is 0 Å². The SMILES string of the molecule is CN1C(=O)CCCC1C(=O)Nc1cnc(-c2cccc(O)c2)nc1. The molecule has 2 N–H and O–H groups in total. The first kappa shape index (κ1) is 15.9. The van der Waals surface area contributed by atoms with Crippen LogP contribution < -0.4 is 5.32 Å². The van der Waals surface area contributed by atoms with Gasteiger partial charge in [0.1, 0.15) is 11.8 Å². The maximum atomic E-state index is 12.3. The molecule has 2 amide bonds. The Hall–Kier alpha value is -2.96. The van der Waals surface area contributed by atoms with E-state index in [4.69, 9.17) is 0 Å². The summed E-state index contributed by atoms with van der Waals surface area (Å²) >= 11 is 0. The molecule has 2 aromatic rings. The van der Waals surface area contributed by atoms with E-state index in [-0.39, 0.29) is 17.6 Å². The van der Waals surface area contributed by atoms with E-state index in [1.54, 1.807) is 31.3 Å². The second-order valence-electron chi connectivity index (χ2n) is 5.75. The minimum atomic E-state index is -0.461. The van der Waals surface area contributed by atoms with Crippen molar-refractivity contribution in [2.75, 3.05) is 12.4 Å². The number of anilines is 1. The third kappa shape index (κ3) is 3.34. The Morgan fingerprint density at radius 2 is 2.08 bits per heavy atom. The number of nitrogens with one attached hydrogen (secondary N) is 1. The van der Waals surface area contributed by atoms with E-state index in [9.17, 15) is 14.7 Å². The number of phenols is 1. The lowest BCUT2D eigenvalue weighted by molar-refractivity contribution is -0.140. The number of likely N-dealkylation sites (N-methyl/N-ethyl adjacent to an activating group) is 1. The molecule has 1 fully saturated rings. The van der Waals surface area contributed by atoms with Gasteiger partial charge < -0.3 is 15.3 Å². The largest absolute Gasteiger partial charge is 0.508 e. The highest BCUT2D eigenvalue weighted by Crippen LogP contribution is 2.21. The predicted molar refractivity (Wildman–Crippen MR) is 88.2 cm³/mol. The zero-order valence-corrected chi connectivity index (χ0v) is 13.3. The number of hydrogen-bond acceptors (Lipinski definition) is 5. The van der Waals surface area contributed by atoms with Crippen molar-refractivity contribution in [1.82, 2.24) is 14.9 Å². The molecule has 7 heteroatoms. The fourth-order valence-electron chi connectivity index (χ4n) is 2.71. The summed E-state index contributed by atoms with van der Waals surface area (Å²) in [7, 11) is 1.65. The van der Waals surface area contributed by atoms with Crippen LogP contribution in [0.25, 0.3) is 11.4 Å². The molecule has 2 heterocycles. The van der Waals surface area contributed by atoms with E-state index in [0.29, 0.717) is 36.3 Å². The van der Waals surface area contributed by atoms with Crippen LogP contribution in [0.3, 0.4) is 0 Å². The van der Waals surface area contributed by atoms with E-state index >= 15 is 0 Å². The van der Waals surface area contributed by atoms with Gasteiger partial charge in [-0.25, -0.2) is 9.97 Å². The Labute approximate surface area is 139 Å². The topological polar surface area (TPSA) is 95.4 Å². The number of piperidine rings is 1. The number of amides is 2. The number of rotatable bonds is 3. The van der Waals surface area contributed by atoms with Gasteiger partial charge in [0, 0.05) is 19.0 Å². The predicted octanol–water partition coefficient (Wildman–Crippen LogP) is 1.80. The monoisotopic (exact) mass is 326 g/mol. The number of phenolic OH excluding ortho intramolecular Hbond substituents is 1. The van der Waals surface area contributed by atoms with Crippen molar-refractivity contribution in [3.63, 3.8) is 0 Å². The Bertz CT molecular complexity index is 761. The molecule has 1 atom stereocenters. The average Bonchev–Trinajstić information content (AvgIpc) is 2.58. The molecule has 1 saturated heterocycles. The maximum absolute atomic E-state index is 12.3. The molecule has 1 aliphatic heterocycles. The van der Waals surface area contributed by atoms with Crippen LogP contribution >= 0.6 is 0 Å². The molecule has 1 aromatic heterocycles. The number of nitrogens with zero attached hydrogens (tertiary/aromatic N) is 3.